The van der Waals surface area contributed by atoms with Gasteiger partial charge >= 0.3 is 0 Å². The van der Waals surface area contributed by atoms with Gasteiger partial charge in [0.1, 0.15) is 0 Å². The number of hydrogen-bond donors (Lipinski definition) is 1. The van der Waals surface area contributed by atoms with Gasteiger partial charge in [-0.1, -0.05) is 6.42 Å². The van der Waals surface area contributed by atoms with E-state index in [1.165, 1.54) is 45.2 Å². The molecule has 0 unspecified atom stereocenters. The van der Waals surface area contributed by atoms with Gasteiger partial charge in [-0.05, 0) is 58.2 Å². The summed E-state index contributed by atoms with van der Waals surface area (Å²) in [6, 6.07) is 0.854. The Labute approximate surface area is 140 Å². The van der Waals surface area contributed by atoms with Gasteiger partial charge in [0.05, 0.1) is 6.04 Å². The summed E-state index contributed by atoms with van der Waals surface area (Å²) in [7, 11) is 0. The van der Waals surface area contributed by atoms with Crippen LogP contribution in [-0.2, 0) is 4.79 Å². The van der Waals surface area contributed by atoms with Crippen molar-refractivity contribution in [3.05, 3.63) is 0 Å². The second-order valence-corrected chi connectivity index (χ2v) is 6.30. The Morgan fingerprint density at radius 3 is 2.10 bits per heavy atom. The summed E-state index contributed by atoms with van der Waals surface area (Å²) in [6.45, 7) is 5.52. The quantitative estimate of drug-likeness (QED) is 0.837. The van der Waals surface area contributed by atoms with Crippen molar-refractivity contribution in [1.82, 2.24) is 15.1 Å². The molecular formula is C15H29Cl2N3O. The minimum atomic E-state index is 0. The molecule has 6 heteroatoms. The number of piperidine rings is 2. The molecule has 0 aliphatic carbocycles. The second kappa shape index (κ2) is 9.19. The fourth-order valence-corrected chi connectivity index (χ4v) is 3.85. The number of nitrogens with one attached hydrogen (secondary N) is 1. The number of nitrogens with zero attached hydrogens (tertiary/aromatic N) is 2. The third-order valence-electron chi connectivity index (χ3n) is 5.04. The predicted octanol–water partition coefficient (Wildman–Crippen LogP) is 2.06. The Bertz CT molecular complexity index is 310. The Morgan fingerprint density at radius 2 is 1.52 bits per heavy atom. The van der Waals surface area contributed by atoms with Crippen molar-refractivity contribution in [2.24, 2.45) is 0 Å². The van der Waals surface area contributed by atoms with E-state index in [-0.39, 0.29) is 30.9 Å². The number of halogens is 2. The lowest BCUT2D eigenvalue weighted by Gasteiger charge is -2.40. The molecule has 1 N–H and O–H groups in total. The van der Waals surface area contributed by atoms with Crippen LogP contribution in [0.3, 0.4) is 0 Å². The van der Waals surface area contributed by atoms with Gasteiger partial charge in [0, 0.05) is 19.1 Å². The van der Waals surface area contributed by atoms with Gasteiger partial charge in [0.25, 0.3) is 0 Å². The number of rotatable bonds is 2. The van der Waals surface area contributed by atoms with Crippen molar-refractivity contribution in [2.45, 2.75) is 57.0 Å². The molecule has 3 fully saturated rings. The molecular weight excluding hydrogens is 309 g/mol. The van der Waals surface area contributed by atoms with Gasteiger partial charge < -0.3 is 15.1 Å². The predicted molar refractivity (Wildman–Crippen MR) is 90.5 cm³/mol. The Hall–Kier alpha value is -0.0300. The van der Waals surface area contributed by atoms with Crippen molar-refractivity contribution in [2.75, 3.05) is 32.7 Å². The molecule has 3 aliphatic rings. The van der Waals surface area contributed by atoms with Gasteiger partial charge in [-0.25, -0.2) is 0 Å². The molecule has 0 bridgehead atoms. The van der Waals surface area contributed by atoms with Crippen LogP contribution in [0.1, 0.15) is 44.9 Å². The monoisotopic (exact) mass is 337 g/mol. The highest BCUT2D eigenvalue weighted by Crippen LogP contribution is 2.22. The second-order valence-electron chi connectivity index (χ2n) is 6.30. The van der Waals surface area contributed by atoms with E-state index in [1.54, 1.807) is 0 Å². The zero-order valence-corrected chi connectivity index (χ0v) is 14.4. The summed E-state index contributed by atoms with van der Waals surface area (Å²) in [5.41, 5.74) is 0. The SMILES string of the molecule is Cl.Cl.O=C([C@@H]1CCCN1)N1CCC(N2CCCCC2)CC1. The smallest absolute Gasteiger partial charge is 0.239 e. The zero-order chi connectivity index (χ0) is 13.1. The lowest BCUT2D eigenvalue weighted by molar-refractivity contribution is -0.134. The molecule has 3 rings (SSSR count). The molecule has 1 amide bonds. The molecule has 3 saturated heterocycles. The van der Waals surface area contributed by atoms with E-state index >= 15 is 0 Å². The summed E-state index contributed by atoms with van der Waals surface area (Å²) in [6.07, 6.45) is 8.68. The van der Waals surface area contributed by atoms with E-state index in [9.17, 15) is 4.79 Å². The highest BCUT2D eigenvalue weighted by molar-refractivity contribution is 5.85. The maximum absolute atomic E-state index is 12.3. The largest absolute Gasteiger partial charge is 0.341 e. The normalized spacial score (nSPS) is 27.8. The molecule has 0 spiro atoms. The molecule has 4 nitrogen and oxygen atoms in total. The molecule has 0 aromatic heterocycles. The van der Waals surface area contributed by atoms with Gasteiger partial charge in [0.2, 0.25) is 5.91 Å². The third kappa shape index (κ3) is 4.72. The molecule has 0 aromatic rings. The molecule has 3 heterocycles. The minimum Gasteiger partial charge on any atom is -0.341 e. The van der Waals surface area contributed by atoms with Gasteiger partial charge in [0.15, 0.2) is 0 Å². The van der Waals surface area contributed by atoms with E-state index < -0.39 is 0 Å². The standard InChI is InChI=1S/C15H27N3O.2ClH/c19-15(14-5-4-8-16-14)18-11-6-13(7-12-18)17-9-2-1-3-10-17;;/h13-14,16H,1-12H2;2*1H/t14-;;/m0../s1. The molecule has 1 atom stereocenters. The van der Waals surface area contributed by atoms with Crippen LogP contribution in [0.4, 0.5) is 0 Å². The fraction of sp³-hybridized carbons (Fsp3) is 0.933. The van der Waals surface area contributed by atoms with Crippen molar-refractivity contribution < 1.29 is 4.79 Å². The first-order valence-corrected chi connectivity index (χ1v) is 8.11. The number of carbonyl (C=O) groups is 1. The van der Waals surface area contributed by atoms with E-state index in [2.05, 4.69) is 15.1 Å². The summed E-state index contributed by atoms with van der Waals surface area (Å²) in [4.78, 5) is 17.1. The molecule has 124 valence electrons. The van der Waals surface area contributed by atoms with Crippen LogP contribution in [0, 0.1) is 0 Å². The van der Waals surface area contributed by atoms with Crippen LogP contribution in [0.25, 0.3) is 0 Å². The van der Waals surface area contributed by atoms with Crippen molar-refractivity contribution in [1.29, 1.82) is 0 Å². The molecule has 0 radical (unpaired) electrons. The minimum absolute atomic E-state index is 0. The first-order valence-electron chi connectivity index (χ1n) is 8.11. The molecule has 0 aromatic carbocycles. The molecule has 0 saturated carbocycles. The van der Waals surface area contributed by atoms with Crippen LogP contribution in [0.15, 0.2) is 0 Å². The van der Waals surface area contributed by atoms with Gasteiger partial charge in [-0.15, -0.1) is 24.8 Å². The van der Waals surface area contributed by atoms with E-state index in [0.29, 0.717) is 5.91 Å². The lowest BCUT2D eigenvalue weighted by Crippen LogP contribution is -2.51. The van der Waals surface area contributed by atoms with Crippen LogP contribution in [-0.4, -0.2) is 60.5 Å². The average molecular weight is 338 g/mol. The third-order valence-corrected chi connectivity index (χ3v) is 5.04. The Balaban J connectivity index is 0.00000110. The summed E-state index contributed by atoms with van der Waals surface area (Å²) in [5, 5.41) is 3.33. The van der Waals surface area contributed by atoms with Crippen LogP contribution < -0.4 is 5.32 Å². The van der Waals surface area contributed by atoms with E-state index in [0.717, 1.165) is 38.5 Å². The first-order chi connectivity index (χ1) is 9.34. The number of hydrogen-bond acceptors (Lipinski definition) is 3. The average Bonchev–Trinajstić information content (AvgIpc) is 3.02. The molecule has 21 heavy (non-hydrogen) atoms. The van der Waals surface area contributed by atoms with E-state index in [1.807, 2.05) is 0 Å². The number of likely N-dealkylation sites (tertiary alicyclic amines) is 2. The fourth-order valence-electron chi connectivity index (χ4n) is 3.85. The highest BCUT2D eigenvalue weighted by Gasteiger charge is 2.31. The van der Waals surface area contributed by atoms with Crippen LogP contribution in [0.2, 0.25) is 0 Å². The van der Waals surface area contributed by atoms with Crippen LogP contribution >= 0.6 is 24.8 Å². The summed E-state index contributed by atoms with van der Waals surface area (Å²) in [5.74, 6) is 0.356. The Morgan fingerprint density at radius 1 is 0.857 bits per heavy atom. The molecule has 3 aliphatic heterocycles. The van der Waals surface area contributed by atoms with Crippen molar-refractivity contribution in [3.63, 3.8) is 0 Å². The van der Waals surface area contributed by atoms with Gasteiger partial charge in [-0.2, -0.15) is 0 Å². The maximum atomic E-state index is 12.3. The zero-order valence-electron chi connectivity index (χ0n) is 12.8. The van der Waals surface area contributed by atoms with Crippen LogP contribution in [0.5, 0.6) is 0 Å². The number of carbonyl (C=O) groups excluding carboxylic acids is 1. The first kappa shape index (κ1) is 19.0. The topological polar surface area (TPSA) is 35.6 Å². The highest BCUT2D eigenvalue weighted by atomic mass is 35.5. The summed E-state index contributed by atoms with van der Waals surface area (Å²) >= 11 is 0. The maximum Gasteiger partial charge on any atom is 0.239 e. The van der Waals surface area contributed by atoms with Gasteiger partial charge in [-0.3, -0.25) is 4.79 Å². The number of amides is 1. The van der Waals surface area contributed by atoms with Crippen molar-refractivity contribution >= 4 is 30.7 Å². The summed E-state index contributed by atoms with van der Waals surface area (Å²) < 4.78 is 0. The van der Waals surface area contributed by atoms with E-state index in [4.69, 9.17) is 0 Å². The van der Waals surface area contributed by atoms with Crippen molar-refractivity contribution in [3.8, 4) is 0 Å². The Kier molecular flexibility index (Phi) is 8.32. The lowest BCUT2D eigenvalue weighted by atomic mass is 9.99.